The van der Waals surface area contributed by atoms with Gasteiger partial charge in [-0.15, -0.1) is 0 Å². The zero-order valence-corrected chi connectivity index (χ0v) is 14.6. The highest BCUT2D eigenvalue weighted by Gasteiger charge is 2.29. The third-order valence-electron chi connectivity index (χ3n) is 4.44. The maximum atomic E-state index is 12.8. The summed E-state index contributed by atoms with van der Waals surface area (Å²) in [6, 6.07) is 4.47. The lowest BCUT2D eigenvalue weighted by atomic mass is 9.84. The number of rotatable bonds is 7. The van der Waals surface area contributed by atoms with Crippen LogP contribution in [-0.2, 0) is 10.0 Å². The van der Waals surface area contributed by atoms with Gasteiger partial charge in [0.15, 0.2) is 0 Å². The highest BCUT2D eigenvalue weighted by Crippen LogP contribution is 2.30. The van der Waals surface area contributed by atoms with E-state index in [0.29, 0.717) is 11.7 Å². The lowest BCUT2D eigenvalue weighted by molar-refractivity contribution is 0.293. The minimum Gasteiger partial charge on any atom is -0.497 e. The SMILES string of the molecule is COc1ccc(OC)c(S(=O)(=O)NC(CN)C2CCCCC2)c1. The van der Waals surface area contributed by atoms with E-state index in [1.54, 1.807) is 12.1 Å². The normalized spacial score (nSPS) is 17.7. The van der Waals surface area contributed by atoms with E-state index in [9.17, 15) is 8.42 Å². The molecule has 0 saturated heterocycles. The average Bonchev–Trinajstić information content (AvgIpc) is 2.59. The highest BCUT2D eigenvalue weighted by molar-refractivity contribution is 7.89. The number of hydrogen-bond donors (Lipinski definition) is 2. The number of hydrogen-bond acceptors (Lipinski definition) is 5. The molecule has 1 unspecified atom stereocenters. The summed E-state index contributed by atoms with van der Waals surface area (Å²) in [5.41, 5.74) is 5.83. The second-order valence-electron chi connectivity index (χ2n) is 5.88. The van der Waals surface area contributed by atoms with E-state index in [4.69, 9.17) is 15.2 Å². The van der Waals surface area contributed by atoms with Crippen LogP contribution in [0.25, 0.3) is 0 Å². The molecule has 1 atom stereocenters. The summed E-state index contributed by atoms with van der Waals surface area (Å²) >= 11 is 0. The summed E-state index contributed by atoms with van der Waals surface area (Å²) in [4.78, 5) is 0.0774. The minimum atomic E-state index is -3.73. The van der Waals surface area contributed by atoms with Crippen molar-refractivity contribution in [3.05, 3.63) is 18.2 Å². The highest BCUT2D eigenvalue weighted by atomic mass is 32.2. The molecule has 0 spiro atoms. The fourth-order valence-corrected chi connectivity index (χ4v) is 4.63. The largest absolute Gasteiger partial charge is 0.497 e. The van der Waals surface area contributed by atoms with Crippen molar-refractivity contribution in [3.8, 4) is 11.5 Å². The van der Waals surface area contributed by atoms with Crippen molar-refractivity contribution in [1.29, 1.82) is 0 Å². The third-order valence-corrected chi connectivity index (χ3v) is 5.95. The van der Waals surface area contributed by atoms with Gasteiger partial charge in [-0.1, -0.05) is 19.3 Å². The van der Waals surface area contributed by atoms with E-state index in [1.165, 1.54) is 26.7 Å². The van der Waals surface area contributed by atoms with Crippen molar-refractivity contribution in [1.82, 2.24) is 4.72 Å². The van der Waals surface area contributed by atoms with Crippen molar-refractivity contribution in [2.24, 2.45) is 11.7 Å². The van der Waals surface area contributed by atoms with Crippen LogP contribution < -0.4 is 19.9 Å². The topological polar surface area (TPSA) is 90.6 Å². The molecule has 130 valence electrons. The van der Waals surface area contributed by atoms with Gasteiger partial charge >= 0.3 is 0 Å². The number of ether oxygens (including phenoxy) is 2. The van der Waals surface area contributed by atoms with Crippen LogP contribution in [0, 0.1) is 5.92 Å². The first-order valence-electron chi connectivity index (χ1n) is 7.96. The monoisotopic (exact) mass is 342 g/mol. The molecule has 1 fully saturated rings. The molecule has 3 N–H and O–H groups in total. The Labute approximate surface area is 138 Å². The summed E-state index contributed by atoms with van der Waals surface area (Å²) in [6.07, 6.45) is 5.50. The Kier molecular flexibility index (Phi) is 6.26. The molecule has 0 bridgehead atoms. The Morgan fingerprint density at radius 1 is 1.22 bits per heavy atom. The van der Waals surface area contributed by atoms with Crippen LogP contribution >= 0.6 is 0 Å². The molecule has 1 saturated carbocycles. The van der Waals surface area contributed by atoms with Gasteiger partial charge in [0.25, 0.3) is 0 Å². The molecule has 7 heteroatoms. The third kappa shape index (κ3) is 4.37. The Morgan fingerprint density at radius 2 is 1.91 bits per heavy atom. The van der Waals surface area contributed by atoms with Crippen molar-refractivity contribution < 1.29 is 17.9 Å². The molecule has 1 aromatic carbocycles. The van der Waals surface area contributed by atoms with Gasteiger partial charge in [-0.05, 0) is 30.9 Å². The number of nitrogens with one attached hydrogen (secondary N) is 1. The van der Waals surface area contributed by atoms with Crippen molar-refractivity contribution in [2.45, 2.75) is 43.0 Å². The average molecular weight is 342 g/mol. The van der Waals surface area contributed by atoms with Gasteiger partial charge in [0.2, 0.25) is 10.0 Å². The molecule has 1 aliphatic rings. The number of methoxy groups -OCH3 is 2. The van der Waals surface area contributed by atoms with Gasteiger partial charge in [-0.3, -0.25) is 0 Å². The smallest absolute Gasteiger partial charge is 0.244 e. The molecule has 0 heterocycles. The molecule has 6 nitrogen and oxygen atoms in total. The Hall–Kier alpha value is -1.31. The van der Waals surface area contributed by atoms with Crippen molar-refractivity contribution >= 4 is 10.0 Å². The van der Waals surface area contributed by atoms with Crippen LogP contribution in [-0.4, -0.2) is 35.2 Å². The molecule has 0 aliphatic heterocycles. The van der Waals surface area contributed by atoms with E-state index in [2.05, 4.69) is 4.72 Å². The van der Waals surface area contributed by atoms with E-state index >= 15 is 0 Å². The Bertz CT molecular complexity index is 613. The number of sulfonamides is 1. The van der Waals surface area contributed by atoms with Crippen LogP contribution in [0.2, 0.25) is 0 Å². The lowest BCUT2D eigenvalue weighted by Crippen LogP contribution is -2.45. The van der Waals surface area contributed by atoms with Crippen molar-refractivity contribution in [3.63, 3.8) is 0 Å². The summed E-state index contributed by atoms with van der Waals surface area (Å²) in [5, 5.41) is 0. The van der Waals surface area contributed by atoms with Crippen LogP contribution in [0.3, 0.4) is 0 Å². The molecular formula is C16H26N2O4S. The molecule has 0 aromatic heterocycles. The zero-order valence-electron chi connectivity index (χ0n) is 13.7. The fraction of sp³-hybridized carbons (Fsp3) is 0.625. The second-order valence-corrected chi connectivity index (χ2v) is 7.56. The van der Waals surface area contributed by atoms with Crippen molar-refractivity contribution in [2.75, 3.05) is 20.8 Å². The summed E-state index contributed by atoms with van der Waals surface area (Å²) < 4.78 is 38.7. The predicted molar refractivity (Wildman–Crippen MR) is 89.3 cm³/mol. The van der Waals surface area contributed by atoms with Crippen LogP contribution in [0.15, 0.2) is 23.1 Å². The van der Waals surface area contributed by atoms with E-state index in [0.717, 1.165) is 25.7 Å². The first-order valence-corrected chi connectivity index (χ1v) is 9.44. The first-order chi connectivity index (χ1) is 11.0. The summed E-state index contributed by atoms with van der Waals surface area (Å²) in [5.74, 6) is 1.05. The molecule has 23 heavy (non-hydrogen) atoms. The van der Waals surface area contributed by atoms with Gasteiger partial charge in [0.1, 0.15) is 16.4 Å². The molecule has 1 aromatic rings. The van der Waals surface area contributed by atoms with Gasteiger partial charge < -0.3 is 15.2 Å². The van der Waals surface area contributed by atoms with Crippen LogP contribution in [0.4, 0.5) is 0 Å². The first kappa shape index (κ1) is 18.0. The lowest BCUT2D eigenvalue weighted by Gasteiger charge is -2.30. The summed E-state index contributed by atoms with van der Waals surface area (Å²) in [7, 11) is -0.788. The molecule has 2 rings (SSSR count). The minimum absolute atomic E-state index is 0.0774. The predicted octanol–water partition coefficient (Wildman–Crippen LogP) is 1.89. The summed E-state index contributed by atoms with van der Waals surface area (Å²) in [6.45, 7) is 0.288. The second kappa shape index (κ2) is 7.99. The molecule has 1 aliphatic carbocycles. The van der Waals surface area contributed by atoms with Crippen LogP contribution in [0.5, 0.6) is 11.5 Å². The van der Waals surface area contributed by atoms with E-state index in [1.807, 2.05) is 0 Å². The quantitative estimate of drug-likeness (QED) is 0.790. The molecule has 0 radical (unpaired) electrons. The molecule has 0 amide bonds. The van der Waals surface area contributed by atoms with Gasteiger partial charge in [0, 0.05) is 18.7 Å². The standard InChI is InChI=1S/C16H26N2O4S/c1-21-13-8-9-15(22-2)16(10-13)23(19,20)18-14(11-17)12-6-4-3-5-7-12/h8-10,12,14,18H,3-7,11,17H2,1-2H3. The number of nitrogens with two attached hydrogens (primary N) is 1. The van der Waals surface area contributed by atoms with Gasteiger partial charge in [0.05, 0.1) is 14.2 Å². The van der Waals surface area contributed by atoms with E-state index < -0.39 is 10.0 Å². The Morgan fingerprint density at radius 3 is 2.48 bits per heavy atom. The van der Waals surface area contributed by atoms with E-state index in [-0.39, 0.29) is 23.2 Å². The van der Waals surface area contributed by atoms with Gasteiger partial charge in [-0.2, -0.15) is 0 Å². The zero-order chi connectivity index (χ0) is 16.9. The van der Waals surface area contributed by atoms with Gasteiger partial charge in [-0.25, -0.2) is 13.1 Å². The fourth-order valence-electron chi connectivity index (χ4n) is 3.13. The maximum absolute atomic E-state index is 12.8. The Balaban J connectivity index is 2.26. The molecular weight excluding hydrogens is 316 g/mol. The maximum Gasteiger partial charge on any atom is 0.244 e. The number of benzene rings is 1. The van der Waals surface area contributed by atoms with Crippen LogP contribution in [0.1, 0.15) is 32.1 Å².